The zero-order chi connectivity index (χ0) is 16.0. The van der Waals surface area contributed by atoms with Crippen LogP contribution in [0.4, 0.5) is 5.82 Å². The van der Waals surface area contributed by atoms with E-state index in [1.165, 1.54) is 0 Å². The number of amides is 1. The molecule has 2 N–H and O–H groups in total. The largest absolute Gasteiger partial charge is 0.370 e. The number of nitrogens with one attached hydrogen (secondary N) is 2. The predicted octanol–water partition coefficient (Wildman–Crippen LogP) is 3.93. The molecule has 1 heterocycles. The molecule has 1 aromatic rings. The minimum Gasteiger partial charge on any atom is -0.370 e. The first-order valence-corrected chi connectivity index (χ1v) is 8.33. The van der Waals surface area contributed by atoms with Crippen molar-refractivity contribution in [3.8, 4) is 0 Å². The molecule has 1 aromatic heterocycles. The fourth-order valence-corrected chi connectivity index (χ4v) is 2.80. The van der Waals surface area contributed by atoms with Crippen LogP contribution < -0.4 is 10.6 Å². The Bertz CT molecular complexity index is 467. The summed E-state index contributed by atoms with van der Waals surface area (Å²) in [5.41, 5.74) is 0.581. The van der Waals surface area contributed by atoms with Crippen LogP contribution in [0, 0.1) is 17.8 Å². The smallest absolute Gasteiger partial charge is 0.255 e. The molecule has 0 aliphatic carbocycles. The maximum Gasteiger partial charge on any atom is 0.255 e. The third-order valence-electron chi connectivity index (χ3n) is 3.65. The summed E-state index contributed by atoms with van der Waals surface area (Å²) in [5.74, 6) is 2.10. The summed E-state index contributed by atoms with van der Waals surface area (Å²) in [7, 11) is 0. The van der Waals surface area contributed by atoms with Crippen LogP contribution in [0.25, 0.3) is 0 Å². The lowest BCUT2D eigenvalue weighted by Gasteiger charge is -2.25. The van der Waals surface area contributed by atoms with Gasteiger partial charge in [-0.15, -0.1) is 0 Å². The number of anilines is 1. The molecule has 0 spiro atoms. The molecule has 0 bridgehead atoms. The molecule has 0 aliphatic rings. The van der Waals surface area contributed by atoms with E-state index < -0.39 is 0 Å². The van der Waals surface area contributed by atoms with E-state index in [9.17, 15) is 4.79 Å². The van der Waals surface area contributed by atoms with E-state index >= 15 is 0 Å². The van der Waals surface area contributed by atoms with Gasteiger partial charge in [-0.3, -0.25) is 4.79 Å². The average Bonchev–Trinajstić information content (AvgIpc) is 2.40. The molecule has 4 nitrogen and oxygen atoms in total. The van der Waals surface area contributed by atoms with Crippen LogP contribution >= 0.6 is 15.9 Å². The molecule has 118 valence electrons. The molecule has 21 heavy (non-hydrogen) atoms. The SMILES string of the molecule is CCNc1ncc(Br)cc1C(=O)NCC(C(C)C)C(C)C. The Labute approximate surface area is 136 Å². The van der Waals surface area contributed by atoms with Gasteiger partial charge in [-0.1, -0.05) is 27.7 Å². The molecule has 1 amide bonds. The van der Waals surface area contributed by atoms with Gasteiger partial charge in [-0.2, -0.15) is 0 Å². The monoisotopic (exact) mass is 355 g/mol. The van der Waals surface area contributed by atoms with Crippen molar-refractivity contribution in [2.75, 3.05) is 18.4 Å². The molecule has 5 heteroatoms. The number of halogens is 1. The summed E-state index contributed by atoms with van der Waals surface area (Å²) in [4.78, 5) is 16.7. The fraction of sp³-hybridized carbons (Fsp3) is 0.625. The van der Waals surface area contributed by atoms with Crippen molar-refractivity contribution < 1.29 is 4.79 Å². The topological polar surface area (TPSA) is 54.0 Å². The zero-order valence-corrected chi connectivity index (χ0v) is 15.1. The van der Waals surface area contributed by atoms with Crippen LogP contribution in [0.2, 0.25) is 0 Å². The molecule has 0 atom stereocenters. The molecular weight excluding hydrogens is 330 g/mol. The first-order chi connectivity index (χ1) is 9.86. The molecule has 0 aromatic carbocycles. The summed E-state index contributed by atoms with van der Waals surface area (Å²) < 4.78 is 0.804. The van der Waals surface area contributed by atoms with Crippen LogP contribution in [0.5, 0.6) is 0 Å². The van der Waals surface area contributed by atoms with Gasteiger partial charge in [0.05, 0.1) is 5.56 Å². The summed E-state index contributed by atoms with van der Waals surface area (Å²) in [5, 5.41) is 6.17. The number of pyridine rings is 1. The highest BCUT2D eigenvalue weighted by atomic mass is 79.9. The Morgan fingerprint density at radius 2 is 1.90 bits per heavy atom. The Morgan fingerprint density at radius 1 is 1.29 bits per heavy atom. The second-order valence-corrected chi connectivity index (χ2v) is 6.86. The summed E-state index contributed by atoms with van der Waals surface area (Å²) >= 11 is 3.37. The Hall–Kier alpha value is -1.10. The highest BCUT2D eigenvalue weighted by molar-refractivity contribution is 9.10. The van der Waals surface area contributed by atoms with Crippen LogP contribution in [0.15, 0.2) is 16.7 Å². The summed E-state index contributed by atoms with van der Waals surface area (Å²) in [6.45, 7) is 12.2. The lowest BCUT2D eigenvalue weighted by Crippen LogP contribution is -2.34. The van der Waals surface area contributed by atoms with E-state index in [-0.39, 0.29) is 5.91 Å². The first kappa shape index (κ1) is 18.0. The molecule has 0 radical (unpaired) electrons. The lowest BCUT2D eigenvalue weighted by atomic mass is 9.85. The third-order valence-corrected chi connectivity index (χ3v) is 4.09. The Kier molecular flexibility index (Phi) is 7.15. The van der Waals surface area contributed by atoms with E-state index in [0.717, 1.165) is 11.0 Å². The van der Waals surface area contributed by atoms with Crippen molar-refractivity contribution in [1.82, 2.24) is 10.3 Å². The fourth-order valence-electron chi connectivity index (χ4n) is 2.47. The van der Waals surface area contributed by atoms with Crippen molar-refractivity contribution >= 4 is 27.7 Å². The summed E-state index contributed by atoms with van der Waals surface area (Å²) in [6, 6.07) is 1.81. The normalized spacial score (nSPS) is 11.3. The van der Waals surface area contributed by atoms with Crippen molar-refractivity contribution in [3.63, 3.8) is 0 Å². The zero-order valence-electron chi connectivity index (χ0n) is 13.5. The average molecular weight is 356 g/mol. The van der Waals surface area contributed by atoms with Gasteiger partial charge >= 0.3 is 0 Å². The van der Waals surface area contributed by atoms with Gasteiger partial charge in [0.25, 0.3) is 5.91 Å². The van der Waals surface area contributed by atoms with Crippen LogP contribution in [-0.4, -0.2) is 24.0 Å². The number of rotatable bonds is 7. The van der Waals surface area contributed by atoms with E-state index in [1.54, 1.807) is 12.3 Å². The third kappa shape index (κ3) is 5.30. The maximum atomic E-state index is 12.4. The Balaban J connectivity index is 2.81. The number of nitrogens with zero attached hydrogens (tertiary/aromatic N) is 1. The highest BCUT2D eigenvalue weighted by Crippen LogP contribution is 2.21. The molecule has 0 saturated heterocycles. The van der Waals surface area contributed by atoms with Crippen LogP contribution in [-0.2, 0) is 0 Å². The quantitative estimate of drug-likeness (QED) is 0.778. The van der Waals surface area contributed by atoms with E-state index in [4.69, 9.17) is 0 Å². The molecule has 1 rings (SSSR count). The number of aromatic nitrogens is 1. The minimum atomic E-state index is -0.0777. The molecule has 0 unspecified atom stereocenters. The van der Waals surface area contributed by atoms with Gasteiger partial charge < -0.3 is 10.6 Å². The van der Waals surface area contributed by atoms with Crippen molar-refractivity contribution in [3.05, 3.63) is 22.3 Å². The van der Waals surface area contributed by atoms with Crippen LogP contribution in [0.1, 0.15) is 45.0 Å². The highest BCUT2D eigenvalue weighted by Gasteiger charge is 2.20. The van der Waals surface area contributed by atoms with Gasteiger partial charge in [0.2, 0.25) is 0 Å². The standard InChI is InChI=1S/C16H26BrN3O/c1-6-18-15-13(7-12(17)8-19-15)16(21)20-9-14(10(2)3)11(4)5/h7-8,10-11,14H,6,9H2,1-5H3,(H,18,19)(H,20,21). The minimum absolute atomic E-state index is 0.0777. The first-order valence-electron chi connectivity index (χ1n) is 7.54. The Morgan fingerprint density at radius 3 is 2.43 bits per heavy atom. The van der Waals surface area contributed by atoms with E-state index in [1.807, 2.05) is 6.92 Å². The van der Waals surface area contributed by atoms with Gasteiger partial charge in [-0.05, 0) is 46.7 Å². The van der Waals surface area contributed by atoms with Crippen LogP contribution in [0.3, 0.4) is 0 Å². The van der Waals surface area contributed by atoms with Gasteiger partial charge in [0.15, 0.2) is 0 Å². The van der Waals surface area contributed by atoms with E-state index in [0.29, 0.717) is 35.7 Å². The van der Waals surface area contributed by atoms with Gasteiger partial charge in [0, 0.05) is 23.8 Å². The van der Waals surface area contributed by atoms with Crippen molar-refractivity contribution in [2.45, 2.75) is 34.6 Å². The van der Waals surface area contributed by atoms with Gasteiger partial charge in [-0.25, -0.2) is 4.98 Å². The second-order valence-electron chi connectivity index (χ2n) is 5.94. The molecule has 0 saturated carbocycles. The van der Waals surface area contributed by atoms with Crippen molar-refractivity contribution in [2.24, 2.45) is 17.8 Å². The summed E-state index contributed by atoms with van der Waals surface area (Å²) in [6.07, 6.45) is 1.69. The second kappa shape index (κ2) is 8.37. The molecular formula is C16H26BrN3O. The molecule has 0 aliphatic heterocycles. The molecule has 0 fully saturated rings. The predicted molar refractivity (Wildman–Crippen MR) is 91.6 cm³/mol. The van der Waals surface area contributed by atoms with E-state index in [2.05, 4.69) is 59.2 Å². The number of carbonyl (C=O) groups is 1. The number of hydrogen-bond donors (Lipinski definition) is 2. The lowest BCUT2D eigenvalue weighted by molar-refractivity contribution is 0.0937. The number of hydrogen-bond acceptors (Lipinski definition) is 3. The van der Waals surface area contributed by atoms with Gasteiger partial charge in [0.1, 0.15) is 5.82 Å². The van der Waals surface area contributed by atoms with Crippen molar-refractivity contribution in [1.29, 1.82) is 0 Å². The number of carbonyl (C=O) groups excluding carboxylic acids is 1. The maximum absolute atomic E-state index is 12.4.